The van der Waals surface area contributed by atoms with Gasteiger partial charge >= 0.3 is 0 Å². The molecular formula is C15H19N3O. The molecule has 0 atom stereocenters. The minimum Gasteiger partial charge on any atom is -0.294 e. The molecule has 1 saturated heterocycles. The third-order valence-electron chi connectivity index (χ3n) is 4.64. The zero-order valence-electron chi connectivity index (χ0n) is 11.3. The first-order chi connectivity index (χ1) is 9.21. The van der Waals surface area contributed by atoms with Crippen LogP contribution in [0.25, 0.3) is 0 Å². The first-order valence-corrected chi connectivity index (χ1v) is 7.22. The second-order valence-electron chi connectivity index (χ2n) is 6.11. The number of rotatable bonds is 2. The van der Waals surface area contributed by atoms with Crippen LogP contribution in [0, 0.1) is 6.92 Å². The van der Waals surface area contributed by atoms with Crippen molar-refractivity contribution in [1.82, 2.24) is 9.88 Å². The molecule has 4 rings (SSSR count). The maximum atomic E-state index is 12.8. The van der Waals surface area contributed by atoms with E-state index in [0.29, 0.717) is 6.04 Å². The summed E-state index contributed by atoms with van der Waals surface area (Å²) in [5.74, 6) is 1.10. The van der Waals surface area contributed by atoms with Crippen LogP contribution in [0.5, 0.6) is 0 Å². The van der Waals surface area contributed by atoms with Gasteiger partial charge < -0.3 is 0 Å². The van der Waals surface area contributed by atoms with E-state index in [2.05, 4.69) is 9.88 Å². The van der Waals surface area contributed by atoms with E-state index in [1.807, 2.05) is 30.2 Å². The van der Waals surface area contributed by atoms with E-state index >= 15 is 0 Å². The third-order valence-corrected chi connectivity index (χ3v) is 4.64. The quantitative estimate of drug-likeness (QED) is 0.809. The molecule has 4 nitrogen and oxygen atoms in total. The lowest BCUT2D eigenvalue weighted by molar-refractivity contribution is -0.128. The standard InChI is InChI=1S/C15H19N3O/c1-11-2-5-13(16-10-11)17-8-9-18(12-3-4-12)15(6-7-15)14(17)19/h2,5,10,12H,3-4,6-9H2,1H3. The largest absolute Gasteiger partial charge is 0.294 e. The van der Waals surface area contributed by atoms with Gasteiger partial charge in [-0.2, -0.15) is 0 Å². The Balaban J connectivity index is 1.62. The van der Waals surface area contributed by atoms with Crippen molar-refractivity contribution in [3.05, 3.63) is 23.9 Å². The Bertz CT molecular complexity index is 517. The molecule has 1 aromatic rings. The molecule has 0 unspecified atom stereocenters. The average molecular weight is 257 g/mol. The van der Waals surface area contributed by atoms with Gasteiger partial charge in [-0.15, -0.1) is 0 Å². The van der Waals surface area contributed by atoms with Crippen LogP contribution in [-0.2, 0) is 4.79 Å². The second kappa shape index (κ2) is 3.79. The summed E-state index contributed by atoms with van der Waals surface area (Å²) in [6.07, 6.45) is 6.46. The third kappa shape index (κ3) is 1.70. The normalized spacial score (nSPS) is 25.9. The Labute approximate surface area is 113 Å². The van der Waals surface area contributed by atoms with Crippen molar-refractivity contribution < 1.29 is 4.79 Å². The molecule has 3 aliphatic rings. The smallest absolute Gasteiger partial charge is 0.248 e. The minimum absolute atomic E-state index is 0.161. The number of aromatic nitrogens is 1. The van der Waals surface area contributed by atoms with Gasteiger partial charge in [0.25, 0.3) is 0 Å². The van der Waals surface area contributed by atoms with Crippen molar-refractivity contribution in [3.63, 3.8) is 0 Å². The summed E-state index contributed by atoms with van der Waals surface area (Å²) in [5.41, 5.74) is 0.973. The number of nitrogens with zero attached hydrogens (tertiary/aromatic N) is 3. The van der Waals surface area contributed by atoms with Crippen LogP contribution in [0.15, 0.2) is 18.3 Å². The molecule has 2 saturated carbocycles. The van der Waals surface area contributed by atoms with Crippen LogP contribution in [0.2, 0.25) is 0 Å². The van der Waals surface area contributed by atoms with Crippen molar-refractivity contribution in [2.24, 2.45) is 0 Å². The zero-order chi connectivity index (χ0) is 13.0. The van der Waals surface area contributed by atoms with Gasteiger partial charge in [0.1, 0.15) is 11.4 Å². The van der Waals surface area contributed by atoms with Crippen LogP contribution in [0.1, 0.15) is 31.2 Å². The number of amides is 1. The summed E-state index contributed by atoms with van der Waals surface area (Å²) >= 11 is 0. The molecule has 1 aromatic heterocycles. The van der Waals surface area contributed by atoms with Gasteiger partial charge in [0.15, 0.2) is 0 Å². The van der Waals surface area contributed by atoms with E-state index in [9.17, 15) is 4.79 Å². The molecule has 4 heteroatoms. The number of anilines is 1. The van der Waals surface area contributed by atoms with Crippen LogP contribution >= 0.6 is 0 Å². The van der Waals surface area contributed by atoms with Gasteiger partial charge in [0.2, 0.25) is 5.91 Å². The van der Waals surface area contributed by atoms with Gasteiger partial charge in [-0.1, -0.05) is 6.07 Å². The number of hydrogen-bond donors (Lipinski definition) is 0. The molecule has 0 N–H and O–H groups in total. The molecule has 0 radical (unpaired) electrons. The van der Waals surface area contributed by atoms with E-state index in [1.165, 1.54) is 12.8 Å². The Hall–Kier alpha value is -1.42. The average Bonchev–Trinajstić information content (AvgIpc) is 3.29. The van der Waals surface area contributed by atoms with Crippen LogP contribution in [0.3, 0.4) is 0 Å². The Morgan fingerprint density at radius 2 is 2.05 bits per heavy atom. The van der Waals surface area contributed by atoms with Crippen LogP contribution in [-0.4, -0.2) is 40.5 Å². The first kappa shape index (κ1) is 11.4. The predicted molar refractivity (Wildman–Crippen MR) is 73.0 cm³/mol. The lowest BCUT2D eigenvalue weighted by Crippen LogP contribution is -2.60. The number of aryl methyl sites for hydroxylation is 1. The molecule has 0 bridgehead atoms. The Morgan fingerprint density at radius 3 is 2.63 bits per heavy atom. The van der Waals surface area contributed by atoms with Gasteiger partial charge in [-0.25, -0.2) is 4.98 Å². The van der Waals surface area contributed by atoms with E-state index < -0.39 is 0 Å². The van der Waals surface area contributed by atoms with Gasteiger partial charge in [0.05, 0.1) is 0 Å². The monoisotopic (exact) mass is 257 g/mol. The fourth-order valence-corrected chi connectivity index (χ4v) is 3.27. The van der Waals surface area contributed by atoms with Gasteiger partial charge in [0, 0.05) is 25.3 Å². The Morgan fingerprint density at radius 1 is 1.26 bits per heavy atom. The predicted octanol–water partition coefficient (Wildman–Crippen LogP) is 1.73. The second-order valence-corrected chi connectivity index (χ2v) is 6.11. The number of carbonyl (C=O) groups excluding carboxylic acids is 1. The van der Waals surface area contributed by atoms with E-state index in [4.69, 9.17) is 0 Å². The number of pyridine rings is 1. The minimum atomic E-state index is -0.161. The molecule has 2 aliphatic carbocycles. The lowest BCUT2D eigenvalue weighted by atomic mass is 10.1. The van der Waals surface area contributed by atoms with Crippen LogP contribution < -0.4 is 4.90 Å². The van der Waals surface area contributed by atoms with Crippen molar-refractivity contribution in [3.8, 4) is 0 Å². The van der Waals surface area contributed by atoms with E-state index in [-0.39, 0.29) is 11.4 Å². The van der Waals surface area contributed by atoms with Crippen molar-refractivity contribution in [1.29, 1.82) is 0 Å². The maximum absolute atomic E-state index is 12.8. The molecule has 1 aliphatic heterocycles. The molecule has 19 heavy (non-hydrogen) atoms. The highest BCUT2D eigenvalue weighted by atomic mass is 16.2. The maximum Gasteiger partial charge on any atom is 0.248 e. The fourth-order valence-electron chi connectivity index (χ4n) is 3.27. The molecule has 1 spiro atoms. The summed E-state index contributed by atoms with van der Waals surface area (Å²) in [6.45, 7) is 3.81. The summed E-state index contributed by atoms with van der Waals surface area (Å²) in [5, 5.41) is 0. The summed E-state index contributed by atoms with van der Waals surface area (Å²) in [4.78, 5) is 21.6. The van der Waals surface area contributed by atoms with Crippen molar-refractivity contribution >= 4 is 11.7 Å². The highest BCUT2D eigenvalue weighted by Crippen LogP contribution is 2.50. The number of piperazine rings is 1. The first-order valence-electron chi connectivity index (χ1n) is 7.22. The highest BCUT2D eigenvalue weighted by Gasteiger charge is 2.61. The lowest BCUT2D eigenvalue weighted by Gasteiger charge is -2.41. The molecule has 0 aromatic carbocycles. The summed E-state index contributed by atoms with van der Waals surface area (Å²) < 4.78 is 0. The molecule has 1 amide bonds. The van der Waals surface area contributed by atoms with Gasteiger partial charge in [-0.3, -0.25) is 14.6 Å². The molecular weight excluding hydrogens is 238 g/mol. The topological polar surface area (TPSA) is 36.4 Å². The molecule has 100 valence electrons. The summed E-state index contributed by atoms with van der Waals surface area (Å²) in [6, 6.07) is 4.68. The van der Waals surface area contributed by atoms with E-state index in [0.717, 1.165) is 37.3 Å². The Kier molecular flexibility index (Phi) is 2.28. The fraction of sp³-hybridized carbons (Fsp3) is 0.600. The molecule has 3 fully saturated rings. The SMILES string of the molecule is Cc1ccc(N2CCN(C3CC3)C3(CC3)C2=O)nc1. The number of hydrogen-bond acceptors (Lipinski definition) is 3. The van der Waals surface area contributed by atoms with Crippen molar-refractivity contribution in [2.45, 2.75) is 44.2 Å². The van der Waals surface area contributed by atoms with Crippen molar-refractivity contribution in [2.75, 3.05) is 18.0 Å². The molecule has 2 heterocycles. The number of carbonyl (C=O) groups is 1. The van der Waals surface area contributed by atoms with Gasteiger partial charge in [-0.05, 0) is 44.2 Å². The van der Waals surface area contributed by atoms with Crippen LogP contribution in [0.4, 0.5) is 5.82 Å². The van der Waals surface area contributed by atoms with E-state index in [1.54, 1.807) is 0 Å². The summed E-state index contributed by atoms with van der Waals surface area (Å²) in [7, 11) is 0. The highest BCUT2D eigenvalue weighted by molar-refractivity contribution is 6.02. The zero-order valence-corrected chi connectivity index (χ0v) is 11.3.